The molecule has 1 unspecified atom stereocenters. The van der Waals surface area contributed by atoms with Gasteiger partial charge in [0, 0.05) is 51.1 Å². The van der Waals surface area contributed by atoms with E-state index in [2.05, 4.69) is 22.2 Å². The van der Waals surface area contributed by atoms with Gasteiger partial charge in [-0.3, -0.25) is 14.5 Å². The number of fused-ring (bicyclic) bond motifs is 1. The van der Waals surface area contributed by atoms with Gasteiger partial charge in [0.15, 0.2) is 0 Å². The molecule has 1 fully saturated rings. The summed E-state index contributed by atoms with van der Waals surface area (Å²) < 4.78 is 1.89. The molecule has 150 valence electrons. The molecule has 0 spiro atoms. The van der Waals surface area contributed by atoms with E-state index in [0.29, 0.717) is 19.1 Å². The van der Waals surface area contributed by atoms with Crippen LogP contribution in [0, 0.1) is 6.92 Å². The Morgan fingerprint density at radius 3 is 2.85 bits per heavy atom. The van der Waals surface area contributed by atoms with Crippen LogP contribution in [0.5, 0.6) is 0 Å². The van der Waals surface area contributed by atoms with Gasteiger partial charge >= 0.3 is 0 Å². The van der Waals surface area contributed by atoms with Gasteiger partial charge in [-0.15, -0.1) is 0 Å². The predicted octanol–water partition coefficient (Wildman–Crippen LogP) is 2.09. The summed E-state index contributed by atoms with van der Waals surface area (Å²) in [7, 11) is 0. The number of likely N-dealkylation sites (tertiary alicyclic amines) is 1. The van der Waals surface area contributed by atoms with E-state index in [0.717, 1.165) is 37.4 Å². The van der Waals surface area contributed by atoms with Crippen LogP contribution in [0.3, 0.4) is 0 Å². The molecule has 1 aromatic rings. The maximum absolute atomic E-state index is 12.5. The minimum Gasteiger partial charge on any atom is -0.356 e. The third-order valence-electron chi connectivity index (χ3n) is 5.66. The molecule has 0 radical (unpaired) electrons. The number of rotatable bonds is 7. The normalized spacial score (nSPS) is 20.4. The Balaban J connectivity index is 1.35. The van der Waals surface area contributed by atoms with Crippen molar-refractivity contribution in [2.24, 2.45) is 0 Å². The average Bonchev–Trinajstić information content (AvgIpc) is 3.04. The van der Waals surface area contributed by atoms with Crippen molar-refractivity contribution in [1.29, 1.82) is 0 Å². The van der Waals surface area contributed by atoms with Crippen LogP contribution in [0.4, 0.5) is 5.82 Å². The number of nitrogens with one attached hydrogen (secondary N) is 1. The molecule has 2 aliphatic heterocycles. The number of nitrogens with zero attached hydrogens (tertiary/aromatic N) is 4. The lowest BCUT2D eigenvalue weighted by atomic mass is 10.0. The summed E-state index contributed by atoms with van der Waals surface area (Å²) in [5.74, 6) is 0.838. The number of piperidine rings is 1. The van der Waals surface area contributed by atoms with Gasteiger partial charge in [0.1, 0.15) is 5.82 Å². The number of hydrogen-bond acceptors (Lipinski definition) is 4. The minimum atomic E-state index is -0.0308. The van der Waals surface area contributed by atoms with Crippen LogP contribution in [0.1, 0.15) is 57.6 Å². The van der Waals surface area contributed by atoms with E-state index >= 15 is 0 Å². The molecule has 2 amide bonds. The number of amides is 2. The second-order valence-corrected chi connectivity index (χ2v) is 7.85. The molecule has 7 heteroatoms. The van der Waals surface area contributed by atoms with Gasteiger partial charge < -0.3 is 10.2 Å². The first-order valence-corrected chi connectivity index (χ1v) is 10.4. The zero-order chi connectivity index (χ0) is 19.2. The molecule has 1 N–H and O–H groups in total. The van der Waals surface area contributed by atoms with Crippen molar-refractivity contribution in [3.63, 3.8) is 0 Å². The maximum Gasteiger partial charge on any atom is 0.228 e. The number of aryl methyl sites for hydroxylation is 2. The second-order valence-electron chi connectivity index (χ2n) is 7.85. The van der Waals surface area contributed by atoms with E-state index in [4.69, 9.17) is 0 Å². The number of aromatic nitrogens is 2. The lowest BCUT2D eigenvalue weighted by Crippen LogP contribution is -2.39. The first kappa shape index (κ1) is 19.9. The Morgan fingerprint density at radius 1 is 1.19 bits per heavy atom. The lowest BCUT2D eigenvalue weighted by Gasteiger charge is -2.33. The van der Waals surface area contributed by atoms with Gasteiger partial charge in [0.2, 0.25) is 11.8 Å². The van der Waals surface area contributed by atoms with E-state index < -0.39 is 0 Å². The smallest absolute Gasteiger partial charge is 0.228 e. The number of carbonyl (C=O) groups is 2. The molecule has 7 nitrogen and oxygen atoms in total. The highest BCUT2D eigenvalue weighted by molar-refractivity contribution is 5.95. The quantitative estimate of drug-likeness (QED) is 0.741. The van der Waals surface area contributed by atoms with Crippen LogP contribution < -0.4 is 10.2 Å². The highest BCUT2D eigenvalue weighted by atomic mass is 16.2. The van der Waals surface area contributed by atoms with Gasteiger partial charge in [-0.05, 0) is 46.1 Å². The molecule has 0 saturated carbocycles. The summed E-state index contributed by atoms with van der Waals surface area (Å²) in [4.78, 5) is 28.9. The fourth-order valence-corrected chi connectivity index (χ4v) is 4.10. The van der Waals surface area contributed by atoms with Crippen molar-refractivity contribution in [2.75, 3.05) is 31.1 Å². The largest absolute Gasteiger partial charge is 0.356 e. The highest BCUT2D eigenvalue weighted by Crippen LogP contribution is 2.22. The fraction of sp³-hybridized carbons (Fsp3) is 0.750. The van der Waals surface area contributed by atoms with E-state index in [1.807, 2.05) is 17.7 Å². The third-order valence-corrected chi connectivity index (χ3v) is 5.66. The standard InChI is InChI=1S/C20H33N5O2/c1-16-15-19-24(13-6-14-25(19)22-16)20(27)9-8-18(26)21-10-5-12-23-11-4-3-7-17(23)2/h15,17H,3-14H2,1-2H3,(H,21,26). The van der Waals surface area contributed by atoms with Crippen molar-refractivity contribution in [1.82, 2.24) is 20.0 Å². The maximum atomic E-state index is 12.5. The molecule has 27 heavy (non-hydrogen) atoms. The topological polar surface area (TPSA) is 70.5 Å². The average molecular weight is 376 g/mol. The molecule has 3 rings (SSSR count). The van der Waals surface area contributed by atoms with E-state index in [1.165, 1.54) is 25.8 Å². The number of carbonyl (C=O) groups excluding carboxylic acids is 2. The summed E-state index contributed by atoms with van der Waals surface area (Å²) in [5, 5.41) is 7.38. The molecule has 1 saturated heterocycles. The zero-order valence-corrected chi connectivity index (χ0v) is 16.7. The summed E-state index contributed by atoms with van der Waals surface area (Å²) in [6, 6.07) is 2.60. The Labute approximate surface area is 162 Å². The first-order chi connectivity index (χ1) is 13.0. The van der Waals surface area contributed by atoms with Gasteiger partial charge in [0.25, 0.3) is 0 Å². The Hall–Kier alpha value is -1.89. The van der Waals surface area contributed by atoms with Crippen LogP contribution in [-0.4, -0.2) is 58.7 Å². The van der Waals surface area contributed by atoms with Crippen molar-refractivity contribution < 1.29 is 9.59 Å². The van der Waals surface area contributed by atoms with Crippen LogP contribution in [0.25, 0.3) is 0 Å². The van der Waals surface area contributed by atoms with E-state index in [1.54, 1.807) is 4.90 Å². The molecule has 2 aliphatic rings. The zero-order valence-electron chi connectivity index (χ0n) is 16.7. The molecule has 1 aromatic heterocycles. The van der Waals surface area contributed by atoms with Gasteiger partial charge in [-0.1, -0.05) is 6.42 Å². The molecule has 0 aromatic carbocycles. The Morgan fingerprint density at radius 2 is 2.04 bits per heavy atom. The first-order valence-electron chi connectivity index (χ1n) is 10.4. The molecule has 3 heterocycles. The lowest BCUT2D eigenvalue weighted by molar-refractivity contribution is -0.125. The van der Waals surface area contributed by atoms with Crippen LogP contribution in [-0.2, 0) is 16.1 Å². The van der Waals surface area contributed by atoms with Crippen molar-refractivity contribution in [2.45, 2.75) is 71.4 Å². The number of hydrogen-bond donors (Lipinski definition) is 1. The molecular weight excluding hydrogens is 342 g/mol. The Kier molecular flexibility index (Phi) is 6.88. The summed E-state index contributed by atoms with van der Waals surface area (Å²) in [6.07, 6.45) is 6.27. The predicted molar refractivity (Wildman–Crippen MR) is 106 cm³/mol. The van der Waals surface area contributed by atoms with E-state index in [9.17, 15) is 9.59 Å². The van der Waals surface area contributed by atoms with Gasteiger partial charge in [0.05, 0.1) is 5.69 Å². The van der Waals surface area contributed by atoms with Crippen LogP contribution >= 0.6 is 0 Å². The minimum absolute atomic E-state index is 0.00754. The van der Waals surface area contributed by atoms with Crippen molar-refractivity contribution >= 4 is 17.6 Å². The van der Waals surface area contributed by atoms with Crippen LogP contribution in [0.15, 0.2) is 6.07 Å². The molecular formula is C20H33N5O2. The third kappa shape index (κ3) is 5.31. The van der Waals surface area contributed by atoms with E-state index in [-0.39, 0.29) is 24.7 Å². The molecule has 0 bridgehead atoms. The van der Waals surface area contributed by atoms with Crippen molar-refractivity contribution in [3.05, 3.63) is 11.8 Å². The highest BCUT2D eigenvalue weighted by Gasteiger charge is 2.24. The summed E-state index contributed by atoms with van der Waals surface area (Å²) in [6.45, 7) is 8.69. The molecule has 1 atom stereocenters. The summed E-state index contributed by atoms with van der Waals surface area (Å²) in [5.41, 5.74) is 0.922. The second kappa shape index (κ2) is 9.35. The van der Waals surface area contributed by atoms with Crippen molar-refractivity contribution in [3.8, 4) is 0 Å². The number of anilines is 1. The molecule has 0 aliphatic carbocycles. The van der Waals surface area contributed by atoms with Crippen LogP contribution in [0.2, 0.25) is 0 Å². The monoisotopic (exact) mass is 375 g/mol. The van der Waals surface area contributed by atoms with Gasteiger partial charge in [-0.2, -0.15) is 5.10 Å². The Bertz CT molecular complexity index is 657. The van der Waals surface area contributed by atoms with Gasteiger partial charge in [-0.25, -0.2) is 4.68 Å². The summed E-state index contributed by atoms with van der Waals surface area (Å²) >= 11 is 0. The fourth-order valence-electron chi connectivity index (χ4n) is 4.10. The SMILES string of the molecule is Cc1cc2n(n1)CCCN2C(=O)CCC(=O)NCCCN1CCCCC1C.